The average molecular weight is 394 g/mol. The number of anilines is 1. The van der Waals surface area contributed by atoms with Crippen molar-refractivity contribution in [2.45, 2.75) is 32.8 Å². The molecule has 29 heavy (non-hydrogen) atoms. The molecule has 1 saturated heterocycles. The zero-order valence-corrected chi connectivity index (χ0v) is 17.0. The number of hydrogen-bond acceptors (Lipinski definition) is 6. The molecule has 1 aliphatic rings. The number of carbonyl (C=O) groups excluding carboxylic acids is 1. The predicted molar refractivity (Wildman–Crippen MR) is 110 cm³/mol. The maximum Gasteiger partial charge on any atom is 0.263 e. The maximum absolute atomic E-state index is 12.8. The summed E-state index contributed by atoms with van der Waals surface area (Å²) >= 11 is 0. The Labute approximate surface area is 170 Å². The Balaban J connectivity index is 1.41. The molecule has 0 spiro atoms. The zero-order valence-electron chi connectivity index (χ0n) is 17.0. The molecule has 1 aromatic carbocycles. The van der Waals surface area contributed by atoms with Crippen LogP contribution in [0, 0.1) is 0 Å². The molecule has 0 aliphatic carbocycles. The van der Waals surface area contributed by atoms with Crippen LogP contribution in [-0.4, -0.2) is 62.7 Å². The fourth-order valence-electron chi connectivity index (χ4n) is 3.60. The lowest BCUT2D eigenvalue weighted by atomic mass is 10.1. The first kappa shape index (κ1) is 19.2. The van der Waals surface area contributed by atoms with E-state index in [1.54, 1.807) is 13.3 Å². The Hall–Kier alpha value is -3.16. The van der Waals surface area contributed by atoms with Crippen LogP contribution in [0.15, 0.2) is 42.7 Å². The number of rotatable bonds is 5. The lowest BCUT2D eigenvalue weighted by Gasteiger charge is -2.36. The average Bonchev–Trinajstić information content (AvgIpc) is 3.22. The second-order valence-electron chi connectivity index (χ2n) is 7.58. The monoisotopic (exact) mass is 394 g/mol. The number of carbonyl (C=O) groups is 1. The van der Waals surface area contributed by atoms with Gasteiger partial charge in [0.2, 0.25) is 0 Å². The summed E-state index contributed by atoms with van der Waals surface area (Å²) in [5, 5.41) is 8.10. The minimum atomic E-state index is -0.512. The van der Waals surface area contributed by atoms with Crippen molar-refractivity contribution in [3.8, 4) is 5.75 Å². The Morgan fingerprint density at radius 1 is 1.07 bits per heavy atom. The van der Waals surface area contributed by atoms with E-state index >= 15 is 0 Å². The molecule has 1 aliphatic heterocycles. The van der Waals surface area contributed by atoms with Gasteiger partial charge in [0, 0.05) is 37.9 Å². The van der Waals surface area contributed by atoms with E-state index in [1.165, 1.54) is 0 Å². The van der Waals surface area contributed by atoms with Crippen molar-refractivity contribution >= 4 is 17.5 Å². The van der Waals surface area contributed by atoms with Crippen molar-refractivity contribution < 1.29 is 9.53 Å². The van der Waals surface area contributed by atoms with E-state index in [4.69, 9.17) is 4.74 Å². The molecule has 1 fully saturated rings. The van der Waals surface area contributed by atoms with Crippen LogP contribution in [0.5, 0.6) is 5.75 Å². The first-order chi connectivity index (χ1) is 14.0. The number of ether oxygens (including phenoxy) is 1. The van der Waals surface area contributed by atoms with Gasteiger partial charge in [0.1, 0.15) is 17.9 Å². The third-order valence-electron chi connectivity index (χ3n) is 5.21. The fourth-order valence-corrected chi connectivity index (χ4v) is 3.60. The van der Waals surface area contributed by atoms with Gasteiger partial charge in [0.15, 0.2) is 6.10 Å². The summed E-state index contributed by atoms with van der Waals surface area (Å²) in [6.07, 6.45) is 1.19. The second kappa shape index (κ2) is 8.06. The number of piperazine rings is 1. The molecule has 0 radical (unpaired) electrons. The van der Waals surface area contributed by atoms with Gasteiger partial charge in [-0.1, -0.05) is 32.0 Å². The number of hydrogen-bond donors (Lipinski definition) is 0. The Morgan fingerprint density at radius 3 is 2.48 bits per heavy atom. The summed E-state index contributed by atoms with van der Waals surface area (Å²) in [4.78, 5) is 21.5. The molecule has 4 rings (SSSR count). The molecule has 8 nitrogen and oxygen atoms in total. The van der Waals surface area contributed by atoms with Crippen molar-refractivity contribution in [3.63, 3.8) is 0 Å². The standard InChI is InChI=1S/C21H26N6O2/c1-15(2)18-13-19(23-21-24-22-14-27(18)21)25-9-11-26(12-10-25)20(28)16(3)29-17-7-5-4-6-8-17/h4-8,13-16H,9-12H2,1-3H3/t16-/m0/s1. The third kappa shape index (κ3) is 4.01. The maximum atomic E-state index is 12.8. The van der Waals surface area contributed by atoms with Gasteiger partial charge in [-0.3, -0.25) is 9.20 Å². The molecule has 2 aromatic heterocycles. The van der Waals surface area contributed by atoms with Crippen LogP contribution < -0.4 is 9.64 Å². The van der Waals surface area contributed by atoms with Crippen LogP contribution in [0.25, 0.3) is 5.78 Å². The zero-order chi connectivity index (χ0) is 20.4. The van der Waals surface area contributed by atoms with E-state index < -0.39 is 6.10 Å². The molecular formula is C21H26N6O2. The van der Waals surface area contributed by atoms with Gasteiger partial charge in [0.05, 0.1) is 0 Å². The summed E-state index contributed by atoms with van der Waals surface area (Å²) in [6, 6.07) is 11.5. The fraction of sp³-hybridized carbons (Fsp3) is 0.429. The van der Waals surface area contributed by atoms with Crippen molar-refractivity contribution in [1.29, 1.82) is 0 Å². The highest BCUT2D eigenvalue weighted by molar-refractivity contribution is 5.81. The summed E-state index contributed by atoms with van der Waals surface area (Å²) in [5.74, 6) is 2.54. The van der Waals surface area contributed by atoms with E-state index in [-0.39, 0.29) is 5.91 Å². The molecular weight excluding hydrogens is 368 g/mol. The van der Waals surface area contributed by atoms with Crippen molar-refractivity contribution in [2.75, 3.05) is 31.1 Å². The summed E-state index contributed by atoms with van der Waals surface area (Å²) < 4.78 is 7.71. The van der Waals surface area contributed by atoms with Crippen molar-refractivity contribution in [2.24, 2.45) is 0 Å². The molecule has 8 heteroatoms. The molecule has 0 saturated carbocycles. The number of amides is 1. The number of aromatic nitrogens is 4. The van der Waals surface area contributed by atoms with Crippen LogP contribution in [0.1, 0.15) is 32.4 Å². The Kier molecular flexibility index (Phi) is 5.33. The van der Waals surface area contributed by atoms with Gasteiger partial charge in [-0.2, -0.15) is 4.98 Å². The smallest absolute Gasteiger partial charge is 0.263 e. The van der Waals surface area contributed by atoms with Gasteiger partial charge < -0.3 is 14.5 Å². The number of benzene rings is 1. The molecule has 3 aromatic rings. The molecule has 152 valence electrons. The van der Waals surface area contributed by atoms with Crippen LogP contribution in [0.4, 0.5) is 5.82 Å². The summed E-state index contributed by atoms with van der Waals surface area (Å²) in [7, 11) is 0. The number of nitrogens with zero attached hydrogens (tertiary/aromatic N) is 6. The van der Waals surface area contributed by atoms with E-state index in [2.05, 4.69) is 40.0 Å². The Bertz CT molecular complexity index is 979. The SMILES string of the molecule is CC(C)c1cc(N2CCN(C(=O)[C@H](C)Oc3ccccc3)CC2)nc2nncn12. The van der Waals surface area contributed by atoms with E-state index in [0.29, 0.717) is 30.5 Å². The van der Waals surface area contributed by atoms with Crippen molar-refractivity contribution in [3.05, 3.63) is 48.4 Å². The van der Waals surface area contributed by atoms with E-state index in [0.717, 1.165) is 24.6 Å². The number of fused-ring (bicyclic) bond motifs is 1. The van der Waals surface area contributed by atoms with E-state index in [9.17, 15) is 4.79 Å². The van der Waals surface area contributed by atoms with Crippen molar-refractivity contribution in [1.82, 2.24) is 24.5 Å². The predicted octanol–water partition coefficient (Wildman–Crippen LogP) is 2.36. The van der Waals surface area contributed by atoms with Crippen LogP contribution in [0.2, 0.25) is 0 Å². The normalized spacial score (nSPS) is 15.7. The summed E-state index contributed by atoms with van der Waals surface area (Å²) in [6.45, 7) is 8.80. The molecule has 3 heterocycles. The van der Waals surface area contributed by atoms with Crippen LogP contribution >= 0.6 is 0 Å². The van der Waals surface area contributed by atoms with Gasteiger partial charge in [-0.05, 0) is 25.0 Å². The molecule has 0 bridgehead atoms. The lowest BCUT2D eigenvalue weighted by molar-refractivity contribution is -0.138. The molecule has 1 atom stereocenters. The molecule has 0 unspecified atom stereocenters. The number of para-hydroxylation sites is 1. The summed E-state index contributed by atoms with van der Waals surface area (Å²) in [5.41, 5.74) is 1.12. The topological polar surface area (TPSA) is 75.9 Å². The molecule has 0 N–H and O–H groups in total. The first-order valence-corrected chi connectivity index (χ1v) is 9.99. The van der Waals surface area contributed by atoms with E-state index in [1.807, 2.05) is 39.6 Å². The largest absolute Gasteiger partial charge is 0.481 e. The highest BCUT2D eigenvalue weighted by atomic mass is 16.5. The minimum Gasteiger partial charge on any atom is -0.481 e. The second-order valence-corrected chi connectivity index (χ2v) is 7.58. The van der Waals surface area contributed by atoms with Gasteiger partial charge in [-0.15, -0.1) is 10.2 Å². The highest BCUT2D eigenvalue weighted by Crippen LogP contribution is 2.22. The van der Waals surface area contributed by atoms with Gasteiger partial charge in [0.25, 0.3) is 11.7 Å². The highest BCUT2D eigenvalue weighted by Gasteiger charge is 2.27. The lowest BCUT2D eigenvalue weighted by Crippen LogP contribution is -2.52. The van der Waals surface area contributed by atoms with Crippen LogP contribution in [-0.2, 0) is 4.79 Å². The minimum absolute atomic E-state index is 0.0113. The quantitative estimate of drug-likeness (QED) is 0.661. The van der Waals surface area contributed by atoms with Gasteiger partial charge in [-0.25, -0.2) is 0 Å². The third-order valence-corrected chi connectivity index (χ3v) is 5.21. The Morgan fingerprint density at radius 2 is 1.79 bits per heavy atom. The van der Waals surface area contributed by atoms with Crippen LogP contribution in [0.3, 0.4) is 0 Å². The van der Waals surface area contributed by atoms with Gasteiger partial charge >= 0.3 is 0 Å². The molecule has 1 amide bonds. The first-order valence-electron chi connectivity index (χ1n) is 9.99.